The number of aromatic nitrogens is 1. The number of hydrogen-bond acceptors (Lipinski definition) is 7. The number of aryl methyl sites for hydroxylation is 1. The Balaban J connectivity index is 0.000000454. The van der Waals surface area contributed by atoms with Crippen LogP contribution in [-0.2, 0) is 20.4 Å². The van der Waals surface area contributed by atoms with Crippen molar-refractivity contribution in [2.75, 3.05) is 18.1 Å². The van der Waals surface area contributed by atoms with Crippen LogP contribution in [0.4, 0.5) is 24.5 Å². The van der Waals surface area contributed by atoms with E-state index >= 15 is 0 Å². The van der Waals surface area contributed by atoms with Crippen LogP contribution in [0.5, 0.6) is 5.75 Å². The van der Waals surface area contributed by atoms with Gasteiger partial charge in [-0.3, -0.25) is 0 Å². The van der Waals surface area contributed by atoms with Crippen molar-refractivity contribution >= 4 is 38.5 Å². The molecule has 1 aromatic heterocycles. The van der Waals surface area contributed by atoms with Gasteiger partial charge in [0.05, 0.1) is 17.1 Å². The van der Waals surface area contributed by atoms with Gasteiger partial charge in [0.25, 0.3) is 0 Å². The number of benzene rings is 2. The van der Waals surface area contributed by atoms with Gasteiger partial charge in [0, 0.05) is 23.3 Å². The van der Waals surface area contributed by atoms with E-state index in [1.807, 2.05) is 6.07 Å². The van der Waals surface area contributed by atoms with Crippen LogP contribution in [0, 0.1) is 6.92 Å². The maximum absolute atomic E-state index is 12.8. The van der Waals surface area contributed by atoms with Crippen LogP contribution < -0.4 is 9.64 Å². The number of fused-ring (bicyclic) bond motifs is 1. The Morgan fingerprint density at radius 1 is 1.19 bits per heavy atom. The molecule has 0 unspecified atom stereocenters. The molecular weight excluding hydrogens is 517 g/mol. The van der Waals surface area contributed by atoms with Crippen LogP contribution in [0.1, 0.15) is 35.9 Å². The van der Waals surface area contributed by atoms with Crippen molar-refractivity contribution in [3.63, 3.8) is 0 Å². The molecule has 1 aliphatic heterocycles. The molecule has 0 atom stereocenters. The molecule has 2 aromatic carbocycles. The summed E-state index contributed by atoms with van der Waals surface area (Å²) in [6.45, 7) is 7.69. The number of rotatable bonds is 5. The number of ether oxygens (including phenoxy) is 1. The average molecular weight is 543 g/mol. The second kappa shape index (κ2) is 10.9. The molecule has 7 nitrogen and oxygen atoms in total. The summed E-state index contributed by atoms with van der Waals surface area (Å²) >= 11 is 1.35. The minimum absolute atomic E-state index is 0.0947. The van der Waals surface area contributed by atoms with Crippen molar-refractivity contribution in [2.45, 2.75) is 43.5 Å². The predicted molar refractivity (Wildman–Crippen MR) is 131 cm³/mol. The summed E-state index contributed by atoms with van der Waals surface area (Å²) in [6.07, 6.45) is -3.46. The number of alkyl halides is 3. The van der Waals surface area contributed by atoms with E-state index in [0.29, 0.717) is 23.3 Å². The highest BCUT2D eigenvalue weighted by molar-refractivity contribution is 7.90. The lowest BCUT2D eigenvalue weighted by Gasteiger charge is -2.34. The fourth-order valence-electron chi connectivity index (χ4n) is 3.59. The van der Waals surface area contributed by atoms with Gasteiger partial charge in [-0.15, -0.1) is 11.3 Å². The van der Waals surface area contributed by atoms with E-state index in [1.165, 1.54) is 22.5 Å². The average Bonchev–Trinajstić information content (AvgIpc) is 3.30. The quantitative estimate of drug-likeness (QED) is 0.441. The third-order valence-electron chi connectivity index (χ3n) is 5.29. The number of thiazole rings is 1. The van der Waals surface area contributed by atoms with Gasteiger partial charge in [0.1, 0.15) is 23.1 Å². The number of anilines is 2. The summed E-state index contributed by atoms with van der Waals surface area (Å²) in [6, 6.07) is 11.7. The molecule has 0 spiro atoms. The van der Waals surface area contributed by atoms with Gasteiger partial charge >= 0.3 is 12.1 Å². The molecule has 0 amide bonds. The van der Waals surface area contributed by atoms with Gasteiger partial charge in [-0.25, -0.2) is 18.2 Å². The Bertz CT molecular complexity index is 1320. The van der Waals surface area contributed by atoms with Gasteiger partial charge in [-0.1, -0.05) is 26.0 Å². The number of carbonyl (C=O) groups is 1. The number of nitrogens with zero attached hydrogens (tertiary/aromatic N) is 2. The normalized spacial score (nSPS) is 13.5. The maximum atomic E-state index is 12.8. The number of carboxylic acids is 1. The summed E-state index contributed by atoms with van der Waals surface area (Å²) in [4.78, 5) is 15.5. The zero-order valence-corrected chi connectivity index (χ0v) is 21.4. The summed E-state index contributed by atoms with van der Waals surface area (Å²) in [5.74, 6) is -1.86. The molecule has 0 saturated carbocycles. The van der Waals surface area contributed by atoms with Gasteiger partial charge in [0.2, 0.25) is 0 Å². The highest BCUT2D eigenvalue weighted by Crippen LogP contribution is 2.41. The van der Waals surface area contributed by atoms with Crippen LogP contribution in [0.25, 0.3) is 0 Å². The van der Waals surface area contributed by atoms with Crippen molar-refractivity contribution in [3.8, 4) is 5.75 Å². The minimum atomic E-state index is -5.08. The first-order valence-corrected chi connectivity index (χ1v) is 13.4. The van der Waals surface area contributed by atoms with E-state index in [9.17, 15) is 21.6 Å². The second-order valence-electron chi connectivity index (χ2n) is 8.33. The van der Waals surface area contributed by atoms with Crippen LogP contribution in [0.15, 0.2) is 52.9 Å². The Hall–Kier alpha value is -3.12. The predicted octanol–water partition coefficient (Wildman–Crippen LogP) is 5.71. The molecule has 36 heavy (non-hydrogen) atoms. The third kappa shape index (κ3) is 6.55. The van der Waals surface area contributed by atoms with Crippen LogP contribution in [0.2, 0.25) is 0 Å². The molecule has 1 aliphatic rings. The minimum Gasteiger partial charge on any atom is -0.489 e. The van der Waals surface area contributed by atoms with Gasteiger partial charge < -0.3 is 14.7 Å². The standard InChI is InChI=1S/C22H24N2O3S2.C2HF3O2/c1-15(2)18-6-4-16(3)12-20(18)24-9-10-27-21-13-17(5-7-19(21)24)29(25,26)14-22-23-8-11-28-22;3-2(4,5)1(6)7/h4-8,11-13,15H,9-10,14H2,1-3H3;(H,6,7). The Morgan fingerprint density at radius 3 is 2.47 bits per heavy atom. The maximum Gasteiger partial charge on any atom is 0.490 e. The number of halogens is 3. The molecule has 12 heteroatoms. The van der Waals surface area contributed by atoms with E-state index in [0.717, 1.165) is 17.9 Å². The lowest BCUT2D eigenvalue weighted by atomic mass is 9.98. The summed E-state index contributed by atoms with van der Waals surface area (Å²) < 4.78 is 63.2. The molecule has 4 rings (SSSR count). The van der Waals surface area contributed by atoms with E-state index in [2.05, 4.69) is 48.9 Å². The van der Waals surface area contributed by atoms with Crippen molar-refractivity contribution < 1.29 is 36.2 Å². The second-order valence-corrected chi connectivity index (χ2v) is 11.3. The van der Waals surface area contributed by atoms with E-state index in [4.69, 9.17) is 14.6 Å². The van der Waals surface area contributed by atoms with Crippen molar-refractivity contribution in [1.82, 2.24) is 4.98 Å². The highest BCUT2D eigenvalue weighted by Gasteiger charge is 2.38. The number of hydrogen-bond donors (Lipinski definition) is 1. The molecule has 194 valence electrons. The summed E-state index contributed by atoms with van der Waals surface area (Å²) in [7, 11) is -3.48. The topological polar surface area (TPSA) is 96.8 Å². The molecule has 2 heterocycles. The monoisotopic (exact) mass is 542 g/mol. The lowest BCUT2D eigenvalue weighted by Crippen LogP contribution is -2.29. The van der Waals surface area contributed by atoms with E-state index in [-0.39, 0.29) is 10.6 Å². The molecule has 0 aliphatic carbocycles. The highest BCUT2D eigenvalue weighted by atomic mass is 32.2. The Labute approximate surface area is 211 Å². The molecule has 0 saturated heterocycles. The fourth-order valence-corrected chi connectivity index (χ4v) is 5.86. The van der Waals surface area contributed by atoms with Gasteiger partial charge in [-0.05, 0) is 42.2 Å². The fraction of sp³-hybridized carbons (Fsp3) is 0.333. The van der Waals surface area contributed by atoms with E-state index < -0.39 is 22.0 Å². The molecule has 0 bridgehead atoms. The van der Waals surface area contributed by atoms with Crippen LogP contribution in [-0.4, -0.2) is 43.8 Å². The number of sulfone groups is 1. The molecule has 0 radical (unpaired) electrons. The first-order chi connectivity index (χ1) is 16.8. The zero-order valence-electron chi connectivity index (χ0n) is 19.7. The summed E-state index contributed by atoms with van der Waals surface area (Å²) in [5, 5.41) is 9.50. The van der Waals surface area contributed by atoms with E-state index in [1.54, 1.807) is 23.7 Å². The van der Waals surface area contributed by atoms with Crippen molar-refractivity contribution in [2.24, 2.45) is 0 Å². The first-order valence-electron chi connectivity index (χ1n) is 10.9. The third-order valence-corrected chi connectivity index (χ3v) is 7.88. The first kappa shape index (κ1) is 27.5. The molecule has 3 aromatic rings. The smallest absolute Gasteiger partial charge is 0.489 e. The lowest BCUT2D eigenvalue weighted by molar-refractivity contribution is -0.192. The Morgan fingerprint density at radius 2 is 1.89 bits per heavy atom. The van der Waals surface area contributed by atoms with Crippen LogP contribution >= 0.6 is 11.3 Å². The Kier molecular flexibility index (Phi) is 8.29. The molecular formula is C24H25F3N2O5S2. The van der Waals surface area contributed by atoms with Crippen LogP contribution in [0.3, 0.4) is 0 Å². The largest absolute Gasteiger partial charge is 0.490 e. The SMILES string of the molecule is Cc1ccc(C(C)C)c(N2CCOc3cc(S(=O)(=O)Cc4nccs4)ccc32)c1.O=C(O)C(F)(F)F. The number of aliphatic carboxylic acids is 1. The van der Waals surface area contributed by atoms with Gasteiger partial charge in [-0.2, -0.15) is 13.2 Å². The van der Waals surface area contributed by atoms with Crippen molar-refractivity contribution in [1.29, 1.82) is 0 Å². The molecule has 0 fully saturated rings. The summed E-state index contributed by atoms with van der Waals surface area (Å²) in [5.41, 5.74) is 4.52. The molecule has 1 N–H and O–H groups in total. The zero-order chi connectivity index (χ0) is 26.7. The number of carboxylic acid groups (broad SMARTS) is 1. The van der Waals surface area contributed by atoms with Gasteiger partial charge in [0.15, 0.2) is 9.84 Å². The van der Waals surface area contributed by atoms with Crippen molar-refractivity contribution in [3.05, 3.63) is 64.1 Å².